The van der Waals surface area contributed by atoms with Crippen LogP contribution in [0.4, 0.5) is 5.69 Å². The van der Waals surface area contributed by atoms with Crippen LogP contribution in [0.3, 0.4) is 0 Å². The number of nitrogens with one attached hydrogen (secondary N) is 1. The second kappa shape index (κ2) is 6.86. The third kappa shape index (κ3) is 3.93. The van der Waals surface area contributed by atoms with Gasteiger partial charge in [0.1, 0.15) is 0 Å². The van der Waals surface area contributed by atoms with Gasteiger partial charge in [-0.2, -0.15) is 5.10 Å². The van der Waals surface area contributed by atoms with Gasteiger partial charge >= 0.3 is 0 Å². The average molecular weight is 272 g/mol. The van der Waals surface area contributed by atoms with Gasteiger partial charge in [0.05, 0.1) is 6.54 Å². The van der Waals surface area contributed by atoms with Crippen molar-refractivity contribution in [2.45, 2.75) is 19.9 Å². The van der Waals surface area contributed by atoms with E-state index in [2.05, 4.69) is 10.4 Å². The van der Waals surface area contributed by atoms with Crippen molar-refractivity contribution in [3.63, 3.8) is 0 Å². The lowest BCUT2D eigenvalue weighted by atomic mass is 10.1. The molecule has 0 aliphatic carbocycles. The molecule has 0 aliphatic heterocycles. The number of anilines is 1. The molecule has 0 bridgehead atoms. The molecule has 0 fully saturated rings. The number of carbonyl (C=O) groups is 1. The molecule has 1 amide bonds. The van der Waals surface area contributed by atoms with Crippen LogP contribution in [0.5, 0.6) is 0 Å². The molecule has 1 aromatic carbocycles. The zero-order valence-corrected chi connectivity index (χ0v) is 11.6. The predicted molar refractivity (Wildman–Crippen MR) is 79.2 cm³/mol. The largest absolute Gasteiger partial charge is 0.330 e. The first-order valence-electron chi connectivity index (χ1n) is 6.76. The van der Waals surface area contributed by atoms with E-state index >= 15 is 0 Å². The minimum absolute atomic E-state index is 0.00619. The fourth-order valence-corrected chi connectivity index (χ4v) is 1.98. The van der Waals surface area contributed by atoms with Crippen LogP contribution >= 0.6 is 0 Å². The lowest BCUT2D eigenvalue weighted by Crippen LogP contribution is -2.22. The summed E-state index contributed by atoms with van der Waals surface area (Å²) in [4.78, 5) is 11.9. The summed E-state index contributed by atoms with van der Waals surface area (Å²) in [6, 6.07) is 9.69. The maximum atomic E-state index is 11.9. The summed E-state index contributed by atoms with van der Waals surface area (Å²) >= 11 is 0. The van der Waals surface area contributed by atoms with Crippen molar-refractivity contribution < 1.29 is 4.79 Å². The molecule has 1 atom stereocenters. The number of hydrogen-bond donors (Lipinski definition) is 2. The van der Waals surface area contributed by atoms with E-state index in [1.165, 1.54) is 0 Å². The van der Waals surface area contributed by atoms with Gasteiger partial charge in [0.15, 0.2) is 0 Å². The standard InChI is InChI=1S/C15H20N4O/c1-12(6-7-16)15(20)18-14-5-2-4-13(10-14)11-19-9-3-8-17-19/h2-5,8-10,12H,6-7,11,16H2,1H3,(H,18,20). The second-order valence-electron chi connectivity index (χ2n) is 4.87. The Kier molecular flexibility index (Phi) is 4.90. The summed E-state index contributed by atoms with van der Waals surface area (Å²) in [5.74, 6) is -0.0681. The fourth-order valence-electron chi connectivity index (χ4n) is 1.98. The number of amides is 1. The lowest BCUT2D eigenvalue weighted by molar-refractivity contribution is -0.119. The van der Waals surface area contributed by atoms with E-state index in [4.69, 9.17) is 5.73 Å². The highest BCUT2D eigenvalue weighted by molar-refractivity contribution is 5.92. The van der Waals surface area contributed by atoms with Crippen molar-refractivity contribution in [2.24, 2.45) is 11.7 Å². The van der Waals surface area contributed by atoms with Crippen LogP contribution in [0.25, 0.3) is 0 Å². The van der Waals surface area contributed by atoms with Crippen molar-refractivity contribution in [1.29, 1.82) is 0 Å². The molecule has 5 nitrogen and oxygen atoms in total. The molecule has 0 aliphatic rings. The fraction of sp³-hybridized carbons (Fsp3) is 0.333. The van der Waals surface area contributed by atoms with Crippen molar-refractivity contribution in [3.05, 3.63) is 48.3 Å². The van der Waals surface area contributed by atoms with E-state index < -0.39 is 0 Å². The molecule has 0 saturated heterocycles. The zero-order chi connectivity index (χ0) is 14.4. The molecule has 3 N–H and O–H groups in total. The van der Waals surface area contributed by atoms with Crippen molar-refractivity contribution >= 4 is 11.6 Å². The maximum absolute atomic E-state index is 11.9. The van der Waals surface area contributed by atoms with Crippen molar-refractivity contribution in [2.75, 3.05) is 11.9 Å². The molecular formula is C15H20N4O. The highest BCUT2D eigenvalue weighted by Crippen LogP contribution is 2.13. The SMILES string of the molecule is CC(CCN)C(=O)Nc1cccc(Cn2cccn2)c1. The third-order valence-corrected chi connectivity index (χ3v) is 3.15. The van der Waals surface area contributed by atoms with E-state index in [0.717, 1.165) is 11.3 Å². The Hall–Kier alpha value is -2.14. The zero-order valence-electron chi connectivity index (χ0n) is 11.6. The molecule has 1 unspecified atom stereocenters. The maximum Gasteiger partial charge on any atom is 0.227 e. The van der Waals surface area contributed by atoms with Gasteiger partial charge in [-0.3, -0.25) is 9.48 Å². The molecule has 5 heteroatoms. The topological polar surface area (TPSA) is 72.9 Å². The summed E-state index contributed by atoms with van der Waals surface area (Å²) in [6.45, 7) is 3.10. The van der Waals surface area contributed by atoms with Gasteiger partial charge in [-0.25, -0.2) is 0 Å². The van der Waals surface area contributed by atoms with Gasteiger partial charge in [0.25, 0.3) is 0 Å². The summed E-state index contributed by atoms with van der Waals surface area (Å²) < 4.78 is 1.85. The van der Waals surface area contributed by atoms with Gasteiger partial charge in [0.2, 0.25) is 5.91 Å². The first-order valence-corrected chi connectivity index (χ1v) is 6.76. The Morgan fingerprint density at radius 1 is 1.45 bits per heavy atom. The van der Waals surface area contributed by atoms with E-state index in [-0.39, 0.29) is 11.8 Å². The number of nitrogens with zero attached hydrogens (tertiary/aromatic N) is 2. The van der Waals surface area contributed by atoms with Crippen LogP contribution in [0, 0.1) is 5.92 Å². The Morgan fingerprint density at radius 3 is 3.00 bits per heavy atom. The third-order valence-electron chi connectivity index (χ3n) is 3.15. The Morgan fingerprint density at radius 2 is 2.30 bits per heavy atom. The molecule has 2 rings (SSSR count). The number of nitrogens with two attached hydrogens (primary N) is 1. The van der Waals surface area contributed by atoms with E-state index in [0.29, 0.717) is 19.5 Å². The van der Waals surface area contributed by atoms with E-state index in [9.17, 15) is 4.79 Å². The minimum Gasteiger partial charge on any atom is -0.330 e. The summed E-state index contributed by atoms with van der Waals surface area (Å²) in [5.41, 5.74) is 7.37. The lowest BCUT2D eigenvalue weighted by Gasteiger charge is -2.12. The number of hydrogen-bond acceptors (Lipinski definition) is 3. The smallest absolute Gasteiger partial charge is 0.227 e. The quantitative estimate of drug-likeness (QED) is 0.843. The number of aromatic nitrogens is 2. The summed E-state index contributed by atoms with van der Waals surface area (Å²) in [6.07, 6.45) is 4.35. The van der Waals surface area contributed by atoms with Gasteiger partial charge in [0, 0.05) is 24.0 Å². The van der Waals surface area contributed by atoms with E-state index in [1.807, 2.05) is 48.1 Å². The predicted octanol–water partition coefficient (Wildman–Crippen LogP) is 1.85. The molecule has 106 valence electrons. The van der Waals surface area contributed by atoms with Crippen LogP contribution in [0.15, 0.2) is 42.7 Å². The Balaban J connectivity index is 2.00. The number of benzene rings is 1. The monoisotopic (exact) mass is 272 g/mol. The van der Waals surface area contributed by atoms with Crippen LogP contribution < -0.4 is 11.1 Å². The van der Waals surface area contributed by atoms with Gasteiger partial charge in [-0.05, 0) is 36.7 Å². The molecule has 0 saturated carbocycles. The highest BCUT2D eigenvalue weighted by atomic mass is 16.1. The second-order valence-corrected chi connectivity index (χ2v) is 4.87. The first-order chi connectivity index (χ1) is 9.69. The molecule has 1 heterocycles. The molecule has 20 heavy (non-hydrogen) atoms. The molecule has 1 aromatic heterocycles. The van der Waals surface area contributed by atoms with Gasteiger partial charge in [-0.15, -0.1) is 0 Å². The van der Waals surface area contributed by atoms with Crippen molar-refractivity contribution in [3.8, 4) is 0 Å². The molecular weight excluding hydrogens is 252 g/mol. The molecule has 0 radical (unpaired) electrons. The summed E-state index contributed by atoms with van der Waals surface area (Å²) in [7, 11) is 0. The van der Waals surface area contributed by atoms with E-state index in [1.54, 1.807) is 6.20 Å². The highest BCUT2D eigenvalue weighted by Gasteiger charge is 2.11. The van der Waals surface area contributed by atoms with Crippen LogP contribution in [0.1, 0.15) is 18.9 Å². The van der Waals surface area contributed by atoms with Crippen LogP contribution in [-0.4, -0.2) is 22.2 Å². The normalized spacial score (nSPS) is 12.1. The molecule has 2 aromatic rings. The first kappa shape index (κ1) is 14.3. The summed E-state index contributed by atoms with van der Waals surface area (Å²) in [5, 5.41) is 7.09. The number of rotatable bonds is 6. The Bertz CT molecular complexity index is 551. The molecule has 0 spiro atoms. The minimum atomic E-state index is -0.0743. The van der Waals surface area contributed by atoms with Gasteiger partial charge < -0.3 is 11.1 Å². The number of carbonyl (C=O) groups excluding carboxylic acids is 1. The van der Waals surface area contributed by atoms with Gasteiger partial charge in [-0.1, -0.05) is 19.1 Å². The van der Waals surface area contributed by atoms with Crippen molar-refractivity contribution in [1.82, 2.24) is 9.78 Å². The average Bonchev–Trinajstić information content (AvgIpc) is 2.92. The van der Waals surface area contributed by atoms with Crippen LogP contribution in [-0.2, 0) is 11.3 Å². The Labute approximate surface area is 118 Å². The van der Waals surface area contributed by atoms with Crippen LogP contribution in [0.2, 0.25) is 0 Å².